The third-order valence-corrected chi connectivity index (χ3v) is 3.99. The molecule has 0 spiro atoms. The van der Waals surface area contributed by atoms with Crippen molar-refractivity contribution in [3.8, 4) is 0 Å². The summed E-state index contributed by atoms with van der Waals surface area (Å²) in [5, 5.41) is 7.38. The van der Waals surface area contributed by atoms with Gasteiger partial charge in [-0.1, -0.05) is 13.8 Å². The van der Waals surface area contributed by atoms with E-state index in [1.165, 1.54) is 0 Å². The molecule has 21 heavy (non-hydrogen) atoms. The predicted octanol–water partition coefficient (Wildman–Crippen LogP) is 2.47. The SMILES string of the molecule is Cc1c(C(=O)NC(C)(CN)C(C)C)cnn1C(C)(C)C.Cl. The molecular weight excluding hydrogens is 288 g/mol. The third kappa shape index (κ3) is 4.20. The van der Waals surface area contributed by atoms with Crippen LogP contribution in [-0.2, 0) is 5.54 Å². The Labute approximate surface area is 134 Å². The molecule has 1 unspecified atom stereocenters. The van der Waals surface area contributed by atoms with Crippen molar-refractivity contribution < 1.29 is 4.79 Å². The van der Waals surface area contributed by atoms with Crippen molar-refractivity contribution in [3.63, 3.8) is 0 Å². The van der Waals surface area contributed by atoms with Crippen molar-refractivity contribution in [3.05, 3.63) is 17.5 Å². The van der Waals surface area contributed by atoms with Gasteiger partial charge in [-0.25, -0.2) is 0 Å². The van der Waals surface area contributed by atoms with Gasteiger partial charge in [0.15, 0.2) is 0 Å². The van der Waals surface area contributed by atoms with Gasteiger partial charge in [-0.2, -0.15) is 5.10 Å². The molecule has 0 saturated carbocycles. The number of halogens is 1. The van der Waals surface area contributed by atoms with Gasteiger partial charge < -0.3 is 11.1 Å². The van der Waals surface area contributed by atoms with Crippen molar-refractivity contribution in [2.75, 3.05) is 6.54 Å². The zero-order chi connectivity index (χ0) is 15.7. The fourth-order valence-electron chi connectivity index (χ4n) is 2.07. The Balaban J connectivity index is 0.00000400. The highest BCUT2D eigenvalue weighted by Gasteiger charge is 2.30. The molecular formula is C15H29ClN4O. The molecule has 1 aromatic heterocycles. The Kier molecular flexibility index (Phi) is 6.45. The van der Waals surface area contributed by atoms with E-state index in [2.05, 4.69) is 45.0 Å². The minimum absolute atomic E-state index is 0. The molecule has 1 amide bonds. The largest absolute Gasteiger partial charge is 0.345 e. The van der Waals surface area contributed by atoms with Gasteiger partial charge in [0.1, 0.15) is 0 Å². The first-order valence-corrected chi connectivity index (χ1v) is 7.10. The Hall–Kier alpha value is -1.07. The third-order valence-electron chi connectivity index (χ3n) is 3.99. The minimum Gasteiger partial charge on any atom is -0.345 e. The topological polar surface area (TPSA) is 72.9 Å². The van der Waals surface area contributed by atoms with Gasteiger partial charge in [0.05, 0.1) is 22.8 Å². The number of amides is 1. The van der Waals surface area contributed by atoms with Crippen molar-refractivity contribution in [2.45, 2.75) is 59.5 Å². The maximum atomic E-state index is 12.5. The van der Waals surface area contributed by atoms with Crippen LogP contribution in [0.25, 0.3) is 0 Å². The molecule has 1 aromatic rings. The number of carbonyl (C=O) groups excluding carboxylic acids is 1. The number of hydrogen-bond acceptors (Lipinski definition) is 3. The number of rotatable bonds is 4. The Morgan fingerprint density at radius 1 is 1.38 bits per heavy atom. The highest BCUT2D eigenvalue weighted by Crippen LogP contribution is 2.20. The van der Waals surface area contributed by atoms with Gasteiger partial charge in [-0.15, -0.1) is 12.4 Å². The quantitative estimate of drug-likeness (QED) is 0.896. The number of carbonyl (C=O) groups is 1. The summed E-state index contributed by atoms with van der Waals surface area (Å²) >= 11 is 0. The second kappa shape index (κ2) is 6.79. The van der Waals surface area contributed by atoms with Crippen LogP contribution in [0.2, 0.25) is 0 Å². The van der Waals surface area contributed by atoms with Crippen molar-refractivity contribution in [1.82, 2.24) is 15.1 Å². The summed E-state index contributed by atoms with van der Waals surface area (Å²) in [5.74, 6) is 0.147. The number of nitrogens with two attached hydrogens (primary N) is 1. The van der Waals surface area contributed by atoms with E-state index >= 15 is 0 Å². The lowest BCUT2D eigenvalue weighted by molar-refractivity contribution is 0.0882. The van der Waals surface area contributed by atoms with Crippen LogP contribution in [0.5, 0.6) is 0 Å². The zero-order valence-corrected chi connectivity index (χ0v) is 15.0. The lowest BCUT2D eigenvalue weighted by Crippen LogP contribution is -2.55. The van der Waals surface area contributed by atoms with Gasteiger partial charge >= 0.3 is 0 Å². The summed E-state index contributed by atoms with van der Waals surface area (Å²) in [7, 11) is 0. The van der Waals surface area contributed by atoms with E-state index in [0.29, 0.717) is 12.1 Å². The molecule has 0 aliphatic heterocycles. The molecule has 0 fully saturated rings. The Morgan fingerprint density at radius 2 is 1.90 bits per heavy atom. The summed E-state index contributed by atoms with van der Waals surface area (Å²) < 4.78 is 1.87. The Bertz CT molecular complexity index is 490. The van der Waals surface area contributed by atoms with Gasteiger partial charge in [0.2, 0.25) is 0 Å². The highest BCUT2D eigenvalue weighted by molar-refractivity contribution is 5.95. The molecule has 1 rings (SSSR count). The maximum Gasteiger partial charge on any atom is 0.255 e. The van der Waals surface area contributed by atoms with Crippen LogP contribution >= 0.6 is 12.4 Å². The maximum absolute atomic E-state index is 12.5. The first kappa shape index (κ1) is 19.9. The van der Waals surface area contributed by atoms with Crippen molar-refractivity contribution in [2.24, 2.45) is 11.7 Å². The zero-order valence-electron chi connectivity index (χ0n) is 14.2. The molecule has 0 aliphatic carbocycles. The van der Waals surface area contributed by atoms with E-state index in [4.69, 9.17) is 5.73 Å². The van der Waals surface area contributed by atoms with Crippen LogP contribution in [0.4, 0.5) is 0 Å². The molecule has 6 heteroatoms. The van der Waals surface area contributed by atoms with E-state index in [0.717, 1.165) is 5.69 Å². The standard InChI is InChI=1S/C15H28N4O.ClH/c1-10(2)15(7,9-16)18-13(20)12-8-17-19(11(12)3)14(4,5)6;/h8,10H,9,16H2,1-7H3,(H,18,20);1H. The summed E-state index contributed by atoms with van der Waals surface area (Å²) in [6, 6.07) is 0. The molecule has 5 nitrogen and oxygen atoms in total. The fourth-order valence-corrected chi connectivity index (χ4v) is 2.07. The first-order chi connectivity index (χ1) is 9.03. The lowest BCUT2D eigenvalue weighted by atomic mass is 9.88. The number of hydrogen-bond donors (Lipinski definition) is 2. The van der Waals surface area contributed by atoms with Gasteiger partial charge in [0.25, 0.3) is 5.91 Å². The molecule has 0 saturated heterocycles. The summed E-state index contributed by atoms with van der Waals surface area (Å²) in [5.41, 5.74) is 6.75. The van der Waals surface area contributed by atoms with Crippen LogP contribution in [0.15, 0.2) is 6.20 Å². The second-order valence-electron chi connectivity index (χ2n) is 6.96. The minimum atomic E-state index is -0.409. The van der Waals surface area contributed by atoms with Crippen LogP contribution in [-0.4, -0.2) is 27.8 Å². The van der Waals surface area contributed by atoms with Crippen LogP contribution in [0.1, 0.15) is 57.6 Å². The molecule has 1 atom stereocenters. The Morgan fingerprint density at radius 3 is 2.24 bits per heavy atom. The molecule has 0 aromatic carbocycles. The smallest absolute Gasteiger partial charge is 0.255 e. The summed E-state index contributed by atoms with van der Waals surface area (Å²) in [6.45, 7) is 14.6. The molecule has 0 bridgehead atoms. The van der Waals surface area contributed by atoms with Crippen molar-refractivity contribution >= 4 is 18.3 Å². The summed E-state index contributed by atoms with van der Waals surface area (Å²) in [4.78, 5) is 12.5. The number of nitrogens with zero attached hydrogens (tertiary/aromatic N) is 2. The normalized spacial score (nSPS) is 14.5. The lowest BCUT2D eigenvalue weighted by Gasteiger charge is -2.33. The second-order valence-corrected chi connectivity index (χ2v) is 6.96. The number of nitrogens with one attached hydrogen (secondary N) is 1. The van der Waals surface area contributed by atoms with Crippen LogP contribution in [0, 0.1) is 12.8 Å². The molecule has 0 radical (unpaired) electrons. The average Bonchev–Trinajstić information content (AvgIpc) is 2.70. The first-order valence-electron chi connectivity index (χ1n) is 7.10. The van der Waals surface area contributed by atoms with Gasteiger partial charge in [0, 0.05) is 12.2 Å². The van der Waals surface area contributed by atoms with E-state index in [9.17, 15) is 4.79 Å². The van der Waals surface area contributed by atoms with E-state index in [1.54, 1.807) is 6.20 Å². The van der Waals surface area contributed by atoms with E-state index in [1.807, 2.05) is 18.5 Å². The van der Waals surface area contributed by atoms with Gasteiger partial charge in [-0.05, 0) is 40.5 Å². The van der Waals surface area contributed by atoms with Crippen molar-refractivity contribution in [1.29, 1.82) is 0 Å². The molecule has 3 N–H and O–H groups in total. The predicted molar refractivity (Wildman–Crippen MR) is 89.0 cm³/mol. The van der Waals surface area contributed by atoms with Gasteiger partial charge in [-0.3, -0.25) is 9.48 Å². The highest BCUT2D eigenvalue weighted by atomic mass is 35.5. The molecule has 1 heterocycles. The number of aromatic nitrogens is 2. The van der Waals surface area contributed by atoms with Crippen LogP contribution in [0.3, 0.4) is 0 Å². The monoisotopic (exact) mass is 316 g/mol. The van der Waals surface area contributed by atoms with E-state index < -0.39 is 5.54 Å². The molecule has 0 aliphatic rings. The fraction of sp³-hybridized carbons (Fsp3) is 0.733. The average molecular weight is 317 g/mol. The summed E-state index contributed by atoms with van der Waals surface area (Å²) in [6.07, 6.45) is 1.63. The van der Waals surface area contributed by atoms with E-state index in [-0.39, 0.29) is 29.8 Å². The molecule has 122 valence electrons. The van der Waals surface area contributed by atoms with Crippen LogP contribution < -0.4 is 11.1 Å².